The molecule has 0 saturated carbocycles. The summed E-state index contributed by atoms with van der Waals surface area (Å²) in [5.41, 5.74) is 0.742. The highest BCUT2D eigenvalue weighted by Crippen LogP contribution is 2.36. The van der Waals surface area contributed by atoms with E-state index in [1.54, 1.807) is 30.2 Å². The Morgan fingerprint density at radius 3 is 2.82 bits per heavy atom. The Hall–Kier alpha value is -2.23. The van der Waals surface area contributed by atoms with Gasteiger partial charge in [-0.3, -0.25) is 4.79 Å². The van der Waals surface area contributed by atoms with E-state index >= 15 is 0 Å². The van der Waals surface area contributed by atoms with Crippen LogP contribution >= 0.6 is 11.6 Å². The number of methoxy groups -OCH3 is 1. The highest BCUT2D eigenvalue weighted by Gasteiger charge is 2.24. The van der Waals surface area contributed by atoms with Crippen molar-refractivity contribution in [2.75, 3.05) is 33.5 Å². The minimum absolute atomic E-state index is 0.0993. The van der Waals surface area contributed by atoms with Gasteiger partial charge in [0.05, 0.1) is 31.2 Å². The Morgan fingerprint density at radius 2 is 2.18 bits per heavy atom. The molecule has 0 aromatic heterocycles. The summed E-state index contributed by atoms with van der Waals surface area (Å²) in [5.74, 6) is 0.912. The monoisotopic (exact) mass is 406 g/mol. The number of carbonyl (C=O) groups excluding carboxylic acids is 1. The molecule has 7 heteroatoms. The van der Waals surface area contributed by atoms with Gasteiger partial charge in [-0.05, 0) is 43.0 Å². The molecule has 6 nitrogen and oxygen atoms in total. The molecule has 1 heterocycles. The van der Waals surface area contributed by atoms with Crippen LogP contribution in [0.25, 0.3) is 6.08 Å². The van der Waals surface area contributed by atoms with Gasteiger partial charge in [-0.15, -0.1) is 0 Å². The lowest BCUT2D eigenvalue weighted by atomic mass is 10.1. The number of benzene rings is 1. The molecule has 152 valence electrons. The van der Waals surface area contributed by atoms with Gasteiger partial charge in [-0.25, -0.2) is 0 Å². The van der Waals surface area contributed by atoms with Crippen molar-refractivity contribution < 1.29 is 19.0 Å². The second kappa shape index (κ2) is 11.6. The van der Waals surface area contributed by atoms with E-state index < -0.39 is 0 Å². The molecule has 1 aromatic carbocycles. The molecular formula is C21H27ClN2O4. The number of nitriles is 1. The minimum Gasteiger partial charge on any atom is -0.493 e. The van der Waals surface area contributed by atoms with E-state index in [9.17, 15) is 4.79 Å². The third kappa shape index (κ3) is 6.15. The summed E-state index contributed by atoms with van der Waals surface area (Å²) < 4.78 is 16.4. The number of nitrogens with zero attached hydrogens (tertiary/aromatic N) is 2. The molecule has 0 bridgehead atoms. The first kappa shape index (κ1) is 22.1. The Bertz CT molecular complexity index is 724. The molecule has 0 N–H and O–H groups in total. The maximum atomic E-state index is 12.8. The zero-order valence-corrected chi connectivity index (χ0v) is 17.2. The van der Waals surface area contributed by atoms with Crippen LogP contribution in [0, 0.1) is 11.3 Å². The largest absolute Gasteiger partial charge is 0.493 e. The minimum atomic E-state index is -0.122. The van der Waals surface area contributed by atoms with Crippen molar-refractivity contribution in [2.45, 2.75) is 38.6 Å². The number of carbonyl (C=O) groups is 1. The van der Waals surface area contributed by atoms with Crippen LogP contribution in [0.2, 0.25) is 5.02 Å². The fourth-order valence-electron chi connectivity index (χ4n) is 3.08. The number of amides is 1. The number of rotatable bonds is 9. The van der Waals surface area contributed by atoms with Gasteiger partial charge in [0.1, 0.15) is 0 Å². The van der Waals surface area contributed by atoms with Crippen molar-refractivity contribution in [3.8, 4) is 17.6 Å². The molecule has 0 spiro atoms. The topological polar surface area (TPSA) is 71.8 Å². The van der Waals surface area contributed by atoms with E-state index in [0.29, 0.717) is 49.3 Å². The van der Waals surface area contributed by atoms with E-state index in [4.69, 9.17) is 31.1 Å². The molecule has 1 aliphatic heterocycles. The Balaban J connectivity index is 2.16. The predicted molar refractivity (Wildman–Crippen MR) is 109 cm³/mol. The number of hydrogen-bond donors (Lipinski definition) is 0. The van der Waals surface area contributed by atoms with E-state index in [2.05, 4.69) is 6.07 Å². The molecule has 1 fully saturated rings. The zero-order valence-electron chi connectivity index (χ0n) is 16.4. The summed E-state index contributed by atoms with van der Waals surface area (Å²) in [6.45, 7) is 4.24. The lowest BCUT2D eigenvalue weighted by molar-refractivity contribution is -0.130. The van der Waals surface area contributed by atoms with Gasteiger partial charge in [-0.2, -0.15) is 5.26 Å². The van der Waals surface area contributed by atoms with Gasteiger partial charge in [0.25, 0.3) is 0 Å². The van der Waals surface area contributed by atoms with Crippen molar-refractivity contribution >= 4 is 23.6 Å². The van der Waals surface area contributed by atoms with Crippen molar-refractivity contribution in [1.82, 2.24) is 4.90 Å². The SMILES string of the molecule is CCCOc1c(Cl)cc(/C=C/C(=O)N(CCC#N)C2CCOCC2)cc1OC. The molecule has 1 aliphatic rings. The predicted octanol–water partition coefficient (Wildman–Crippen LogP) is 4.07. The second-order valence-electron chi connectivity index (χ2n) is 6.50. The quantitative estimate of drug-likeness (QED) is 0.578. The first-order chi connectivity index (χ1) is 13.6. The molecule has 0 unspecified atom stereocenters. The van der Waals surface area contributed by atoms with Crippen molar-refractivity contribution in [2.24, 2.45) is 0 Å². The molecule has 0 radical (unpaired) electrons. The van der Waals surface area contributed by atoms with Gasteiger partial charge in [0.2, 0.25) is 5.91 Å². The molecule has 28 heavy (non-hydrogen) atoms. The zero-order chi connectivity index (χ0) is 20.4. The molecule has 0 aliphatic carbocycles. The number of hydrogen-bond acceptors (Lipinski definition) is 5. The highest BCUT2D eigenvalue weighted by atomic mass is 35.5. The van der Waals surface area contributed by atoms with Gasteiger partial charge >= 0.3 is 0 Å². The molecule has 2 rings (SSSR count). The third-order valence-electron chi connectivity index (χ3n) is 4.50. The maximum Gasteiger partial charge on any atom is 0.246 e. The van der Waals surface area contributed by atoms with Crippen LogP contribution in [0.1, 0.15) is 38.2 Å². The number of halogens is 1. The van der Waals surface area contributed by atoms with Crippen LogP contribution in [-0.2, 0) is 9.53 Å². The lowest BCUT2D eigenvalue weighted by Gasteiger charge is -2.33. The van der Waals surface area contributed by atoms with Crippen molar-refractivity contribution in [3.05, 3.63) is 28.8 Å². The van der Waals surface area contributed by atoms with Gasteiger partial charge in [-0.1, -0.05) is 18.5 Å². The second-order valence-corrected chi connectivity index (χ2v) is 6.91. The van der Waals surface area contributed by atoms with E-state index in [-0.39, 0.29) is 11.9 Å². The Kier molecular flexibility index (Phi) is 9.12. The van der Waals surface area contributed by atoms with Crippen LogP contribution in [-0.4, -0.2) is 50.3 Å². The first-order valence-corrected chi connectivity index (χ1v) is 9.92. The summed E-state index contributed by atoms with van der Waals surface area (Å²) in [6.07, 6.45) is 5.96. The summed E-state index contributed by atoms with van der Waals surface area (Å²) in [5, 5.41) is 9.34. The maximum absolute atomic E-state index is 12.8. The van der Waals surface area contributed by atoms with Gasteiger partial charge in [0, 0.05) is 31.9 Å². The molecule has 1 saturated heterocycles. The van der Waals surface area contributed by atoms with Crippen LogP contribution < -0.4 is 9.47 Å². The summed E-state index contributed by atoms with van der Waals surface area (Å²) in [4.78, 5) is 14.5. The smallest absolute Gasteiger partial charge is 0.246 e. The molecule has 1 amide bonds. The highest BCUT2D eigenvalue weighted by molar-refractivity contribution is 6.32. The Morgan fingerprint density at radius 1 is 1.43 bits per heavy atom. The van der Waals surface area contributed by atoms with Crippen LogP contribution in [0.15, 0.2) is 18.2 Å². The summed E-state index contributed by atoms with van der Waals surface area (Å²) in [7, 11) is 1.55. The van der Waals surface area contributed by atoms with Crippen LogP contribution in [0.5, 0.6) is 11.5 Å². The fraction of sp³-hybridized carbons (Fsp3) is 0.524. The van der Waals surface area contributed by atoms with Gasteiger partial charge < -0.3 is 19.1 Å². The Labute approximate surface area is 171 Å². The van der Waals surface area contributed by atoms with E-state index in [1.807, 2.05) is 6.92 Å². The average molecular weight is 407 g/mol. The van der Waals surface area contributed by atoms with Crippen LogP contribution in [0.4, 0.5) is 0 Å². The normalized spacial score (nSPS) is 14.6. The number of ether oxygens (including phenoxy) is 3. The summed E-state index contributed by atoms with van der Waals surface area (Å²) in [6, 6.07) is 5.74. The lowest BCUT2D eigenvalue weighted by Crippen LogP contribution is -2.43. The summed E-state index contributed by atoms with van der Waals surface area (Å²) >= 11 is 6.33. The third-order valence-corrected chi connectivity index (χ3v) is 4.78. The van der Waals surface area contributed by atoms with E-state index in [0.717, 1.165) is 24.8 Å². The van der Waals surface area contributed by atoms with Crippen LogP contribution in [0.3, 0.4) is 0 Å². The first-order valence-electron chi connectivity index (χ1n) is 9.54. The van der Waals surface area contributed by atoms with Crippen molar-refractivity contribution in [3.63, 3.8) is 0 Å². The average Bonchev–Trinajstić information content (AvgIpc) is 2.72. The van der Waals surface area contributed by atoms with Crippen molar-refractivity contribution in [1.29, 1.82) is 5.26 Å². The van der Waals surface area contributed by atoms with Gasteiger partial charge in [0.15, 0.2) is 11.5 Å². The fourth-order valence-corrected chi connectivity index (χ4v) is 3.36. The molecular weight excluding hydrogens is 380 g/mol. The molecule has 1 aromatic rings. The standard InChI is InChI=1S/C21H27ClN2O4/c1-3-11-28-21-18(22)14-16(15-19(21)26-2)5-6-20(25)24(10-4-9-23)17-7-12-27-13-8-17/h5-6,14-15,17H,3-4,7-8,10-13H2,1-2H3/b6-5+. The van der Waals surface area contributed by atoms with E-state index in [1.165, 1.54) is 6.08 Å². The molecule has 0 atom stereocenters.